The first-order valence-electron chi connectivity index (χ1n) is 3.07. The van der Waals surface area contributed by atoms with Crippen molar-refractivity contribution >= 4 is 0 Å². The average molecular weight is 112 g/mol. The predicted octanol–water partition coefficient (Wildman–Crippen LogP) is 2.09. The lowest BCUT2D eigenvalue weighted by Gasteiger charge is -2.18. The molecule has 1 rings (SSSR count). The number of methoxy groups -OCH3 is 1. The van der Waals surface area contributed by atoms with Crippen molar-refractivity contribution in [3.8, 4) is 0 Å². The van der Waals surface area contributed by atoms with Gasteiger partial charge in [-0.15, -0.1) is 0 Å². The summed E-state index contributed by atoms with van der Waals surface area (Å²) in [4.78, 5) is 0. The van der Waals surface area contributed by atoms with Crippen molar-refractivity contribution < 1.29 is 4.74 Å². The summed E-state index contributed by atoms with van der Waals surface area (Å²) in [7, 11) is 1.74. The first-order valence-corrected chi connectivity index (χ1v) is 3.07. The van der Waals surface area contributed by atoms with Crippen molar-refractivity contribution in [3.63, 3.8) is 0 Å². The van der Waals surface area contributed by atoms with Gasteiger partial charge in [0.05, 0.1) is 12.9 Å². The second-order valence-corrected chi connectivity index (χ2v) is 2.22. The van der Waals surface area contributed by atoms with E-state index in [1.165, 1.54) is 24.8 Å². The lowest BCUT2D eigenvalue weighted by Crippen LogP contribution is -2.00. The minimum Gasteiger partial charge on any atom is -0.501 e. The molecule has 1 fully saturated rings. The normalized spacial score (nSPS) is 17.5. The Balaban J connectivity index is 2.47. The van der Waals surface area contributed by atoms with Crippen LogP contribution in [0.15, 0.2) is 11.3 Å². The molecule has 1 nitrogen and oxygen atoms in total. The molecular formula is C7H12O. The number of allylic oxidation sites excluding steroid dienone is 2. The van der Waals surface area contributed by atoms with Crippen LogP contribution in [0.25, 0.3) is 0 Å². The second-order valence-electron chi connectivity index (χ2n) is 2.22. The monoisotopic (exact) mass is 112 g/mol. The highest BCUT2D eigenvalue weighted by atomic mass is 16.5. The standard InChI is InChI=1S/C7H12O/c1-6(8-2)7-4-3-5-7/h3-5H2,1-2H3. The highest BCUT2D eigenvalue weighted by Gasteiger charge is 2.11. The van der Waals surface area contributed by atoms with Crippen LogP contribution in [0.2, 0.25) is 0 Å². The Morgan fingerprint density at radius 2 is 2.12 bits per heavy atom. The van der Waals surface area contributed by atoms with Gasteiger partial charge in [-0.2, -0.15) is 0 Å². The lowest BCUT2D eigenvalue weighted by molar-refractivity contribution is 0.280. The molecule has 0 atom stereocenters. The van der Waals surface area contributed by atoms with Gasteiger partial charge in [-0.1, -0.05) is 0 Å². The van der Waals surface area contributed by atoms with Gasteiger partial charge in [0, 0.05) is 0 Å². The minimum atomic E-state index is 1.14. The molecule has 1 saturated carbocycles. The minimum absolute atomic E-state index is 1.14. The zero-order valence-electron chi connectivity index (χ0n) is 5.53. The molecule has 0 aromatic carbocycles. The fourth-order valence-electron chi connectivity index (χ4n) is 0.850. The molecule has 0 saturated heterocycles. The van der Waals surface area contributed by atoms with E-state index < -0.39 is 0 Å². The molecule has 0 amide bonds. The Labute approximate surface area is 50.3 Å². The van der Waals surface area contributed by atoms with E-state index in [0.29, 0.717) is 0 Å². The van der Waals surface area contributed by atoms with E-state index in [-0.39, 0.29) is 0 Å². The van der Waals surface area contributed by atoms with Gasteiger partial charge < -0.3 is 4.74 Å². The van der Waals surface area contributed by atoms with Crippen LogP contribution in [0.4, 0.5) is 0 Å². The maximum absolute atomic E-state index is 5.03. The molecule has 0 unspecified atom stereocenters. The van der Waals surface area contributed by atoms with Crippen molar-refractivity contribution in [1.82, 2.24) is 0 Å². The summed E-state index contributed by atoms with van der Waals surface area (Å²) in [6.45, 7) is 2.04. The van der Waals surface area contributed by atoms with E-state index in [2.05, 4.69) is 0 Å². The molecule has 0 N–H and O–H groups in total. The van der Waals surface area contributed by atoms with E-state index in [1.54, 1.807) is 7.11 Å². The predicted molar refractivity (Wildman–Crippen MR) is 33.6 cm³/mol. The van der Waals surface area contributed by atoms with Crippen LogP contribution in [0.5, 0.6) is 0 Å². The van der Waals surface area contributed by atoms with Crippen molar-refractivity contribution in [3.05, 3.63) is 11.3 Å². The van der Waals surface area contributed by atoms with Crippen molar-refractivity contribution in [2.45, 2.75) is 26.2 Å². The summed E-state index contributed by atoms with van der Waals surface area (Å²) in [6.07, 6.45) is 3.88. The number of rotatable bonds is 1. The third-order valence-corrected chi connectivity index (χ3v) is 1.76. The first-order chi connectivity index (χ1) is 3.84. The van der Waals surface area contributed by atoms with Gasteiger partial charge in [-0.3, -0.25) is 0 Å². The van der Waals surface area contributed by atoms with Crippen LogP contribution < -0.4 is 0 Å². The highest BCUT2D eigenvalue weighted by molar-refractivity contribution is 5.12. The van der Waals surface area contributed by atoms with E-state index >= 15 is 0 Å². The van der Waals surface area contributed by atoms with Crippen molar-refractivity contribution in [1.29, 1.82) is 0 Å². The summed E-state index contributed by atoms with van der Waals surface area (Å²) in [6, 6.07) is 0. The summed E-state index contributed by atoms with van der Waals surface area (Å²) < 4.78 is 5.03. The molecular weight excluding hydrogens is 100 g/mol. The third kappa shape index (κ3) is 0.857. The van der Waals surface area contributed by atoms with Crippen LogP contribution in [0.3, 0.4) is 0 Å². The Bertz CT molecular complexity index is 102. The second kappa shape index (κ2) is 2.21. The molecule has 0 bridgehead atoms. The van der Waals surface area contributed by atoms with Crippen LogP contribution >= 0.6 is 0 Å². The first kappa shape index (κ1) is 5.67. The van der Waals surface area contributed by atoms with Gasteiger partial charge in [0.25, 0.3) is 0 Å². The zero-order valence-corrected chi connectivity index (χ0v) is 5.53. The SMILES string of the molecule is COC(C)=C1CCC1. The van der Waals surface area contributed by atoms with Gasteiger partial charge >= 0.3 is 0 Å². The summed E-state index contributed by atoms with van der Waals surface area (Å²) >= 11 is 0. The zero-order chi connectivity index (χ0) is 5.98. The van der Waals surface area contributed by atoms with E-state index in [9.17, 15) is 0 Å². The lowest BCUT2D eigenvalue weighted by atomic mass is 9.92. The quantitative estimate of drug-likeness (QED) is 0.472. The van der Waals surface area contributed by atoms with Gasteiger partial charge in [-0.25, -0.2) is 0 Å². The molecule has 0 radical (unpaired) electrons. The molecule has 1 aliphatic rings. The molecule has 0 aliphatic heterocycles. The fourth-order valence-corrected chi connectivity index (χ4v) is 0.850. The smallest absolute Gasteiger partial charge is 0.0916 e. The molecule has 1 heteroatoms. The van der Waals surface area contributed by atoms with Gasteiger partial charge in [0.1, 0.15) is 0 Å². The Morgan fingerprint density at radius 3 is 2.25 bits per heavy atom. The molecule has 46 valence electrons. The van der Waals surface area contributed by atoms with Gasteiger partial charge in [0.15, 0.2) is 0 Å². The molecule has 8 heavy (non-hydrogen) atoms. The third-order valence-electron chi connectivity index (χ3n) is 1.76. The van der Waals surface area contributed by atoms with Gasteiger partial charge in [0.2, 0.25) is 0 Å². The molecule has 0 aromatic heterocycles. The van der Waals surface area contributed by atoms with E-state index in [0.717, 1.165) is 5.76 Å². The van der Waals surface area contributed by atoms with E-state index in [1.807, 2.05) is 6.92 Å². The van der Waals surface area contributed by atoms with Crippen LogP contribution in [0, 0.1) is 0 Å². The van der Waals surface area contributed by atoms with Crippen molar-refractivity contribution in [2.24, 2.45) is 0 Å². The number of hydrogen-bond donors (Lipinski definition) is 0. The molecule has 0 heterocycles. The maximum Gasteiger partial charge on any atom is 0.0916 e. The Morgan fingerprint density at radius 1 is 1.50 bits per heavy atom. The summed E-state index contributed by atoms with van der Waals surface area (Å²) in [5, 5.41) is 0. The molecule has 1 aliphatic carbocycles. The number of hydrogen-bond acceptors (Lipinski definition) is 1. The van der Waals surface area contributed by atoms with E-state index in [4.69, 9.17) is 4.74 Å². The fraction of sp³-hybridized carbons (Fsp3) is 0.714. The Hall–Kier alpha value is -0.460. The Kier molecular flexibility index (Phi) is 1.56. The largest absolute Gasteiger partial charge is 0.501 e. The summed E-state index contributed by atoms with van der Waals surface area (Å²) in [5.74, 6) is 1.14. The topological polar surface area (TPSA) is 9.23 Å². The summed E-state index contributed by atoms with van der Waals surface area (Å²) in [5.41, 5.74) is 1.51. The van der Waals surface area contributed by atoms with Crippen LogP contribution in [0.1, 0.15) is 26.2 Å². The highest BCUT2D eigenvalue weighted by Crippen LogP contribution is 2.28. The number of ether oxygens (including phenoxy) is 1. The van der Waals surface area contributed by atoms with Crippen LogP contribution in [-0.4, -0.2) is 7.11 Å². The van der Waals surface area contributed by atoms with Crippen molar-refractivity contribution in [2.75, 3.05) is 7.11 Å². The average Bonchev–Trinajstić information content (AvgIpc) is 1.62. The maximum atomic E-state index is 5.03. The molecule has 0 aromatic rings. The van der Waals surface area contributed by atoms with Gasteiger partial charge in [-0.05, 0) is 31.8 Å². The van der Waals surface area contributed by atoms with Crippen LogP contribution in [-0.2, 0) is 4.74 Å². The molecule has 0 spiro atoms.